The highest BCUT2D eigenvalue weighted by molar-refractivity contribution is 7.89. The molecule has 0 aliphatic heterocycles. The molecule has 1 saturated carbocycles. The second-order valence-electron chi connectivity index (χ2n) is 5.25. The first-order chi connectivity index (χ1) is 9.86. The number of benzene rings is 1. The third kappa shape index (κ3) is 3.75. The van der Waals surface area contributed by atoms with Crippen molar-refractivity contribution in [3.8, 4) is 0 Å². The summed E-state index contributed by atoms with van der Waals surface area (Å²) < 4.78 is 26.8. The van der Waals surface area contributed by atoms with Crippen LogP contribution in [0.2, 0.25) is 5.02 Å². The van der Waals surface area contributed by atoms with Gasteiger partial charge < -0.3 is 5.11 Å². The summed E-state index contributed by atoms with van der Waals surface area (Å²) in [5.41, 5.74) is -0.194. The molecule has 116 valence electrons. The predicted molar refractivity (Wildman–Crippen MR) is 80.2 cm³/mol. The van der Waals surface area contributed by atoms with E-state index in [0.29, 0.717) is 25.4 Å². The lowest BCUT2D eigenvalue weighted by Crippen LogP contribution is -2.33. The summed E-state index contributed by atoms with van der Waals surface area (Å²) in [5.74, 6) is -0.807. The Hall–Kier alpha value is -1.11. The lowest BCUT2D eigenvalue weighted by atomic mass is 10.2. The molecule has 0 heterocycles. The molecule has 0 radical (unpaired) electrons. The molecular formula is C14H18ClNO4S. The van der Waals surface area contributed by atoms with E-state index in [-0.39, 0.29) is 15.5 Å². The second kappa shape index (κ2) is 6.34. The van der Waals surface area contributed by atoms with Crippen LogP contribution in [0, 0.1) is 5.92 Å². The standard InChI is InChI=1S/C14H18ClNO4S/c1-2-7-16(9-10-3-4-10)21(19,20)11-5-6-13(15)12(8-11)14(17)18/h5-6,8,10H,2-4,7,9H2,1H3,(H,17,18). The summed E-state index contributed by atoms with van der Waals surface area (Å²) in [5, 5.41) is 9.09. The topological polar surface area (TPSA) is 74.7 Å². The van der Waals surface area contributed by atoms with Crippen LogP contribution in [0.15, 0.2) is 23.1 Å². The molecular weight excluding hydrogens is 314 g/mol. The molecule has 0 bridgehead atoms. The minimum absolute atomic E-state index is 0.0154. The van der Waals surface area contributed by atoms with Crippen molar-refractivity contribution in [3.05, 3.63) is 28.8 Å². The highest BCUT2D eigenvalue weighted by atomic mass is 35.5. The Labute approximate surface area is 129 Å². The first kappa shape index (κ1) is 16.3. The van der Waals surface area contributed by atoms with Gasteiger partial charge in [0.25, 0.3) is 0 Å². The van der Waals surface area contributed by atoms with Gasteiger partial charge in [-0.05, 0) is 43.4 Å². The molecule has 0 aromatic heterocycles. The summed E-state index contributed by atoms with van der Waals surface area (Å²) in [7, 11) is -3.68. The maximum Gasteiger partial charge on any atom is 0.337 e. The zero-order chi connectivity index (χ0) is 15.6. The zero-order valence-corrected chi connectivity index (χ0v) is 13.3. The molecule has 7 heteroatoms. The van der Waals surface area contributed by atoms with E-state index in [0.717, 1.165) is 18.9 Å². The van der Waals surface area contributed by atoms with Gasteiger partial charge in [-0.25, -0.2) is 13.2 Å². The molecule has 2 rings (SSSR count). The van der Waals surface area contributed by atoms with Crippen LogP contribution >= 0.6 is 11.6 Å². The minimum atomic E-state index is -3.68. The molecule has 0 atom stereocenters. The molecule has 1 aliphatic rings. The molecule has 1 aliphatic carbocycles. The van der Waals surface area contributed by atoms with E-state index in [4.69, 9.17) is 16.7 Å². The Morgan fingerprint density at radius 2 is 2.10 bits per heavy atom. The van der Waals surface area contributed by atoms with Crippen molar-refractivity contribution in [1.29, 1.82) is 0 Å². The fourth-order valence-electron chi connectivity index (χ4n) is 2.13. The number of hydrogen-bond donors (Lipinski definition) is 1. The van der Waals surface area contributed by atoms with Gasteiger partial charge in [-0.15, -0.1) is 0 Å². The highest BCUT2D eigenvalue weighted by Gasteiger charge is 2.31. The number of carbonyl (C=O) groups is 1. The third-order valence-corrected chi connectivity index (χ3v) is 5.63. The maximum atomic E-state index is 12.7. The number of nitrogens with zero attached hydrogens (tertiary/aromatic N) is 1. The van der Waals surface area contributed by atoms with E-state index in [1.807, 2.05) is 6.92 Å². The van der Waals surface area contributed by atoms with Crippen LogP contribution in [-0.4, -0.2) is 36.9 Å². The number of carboxylic acids is 1. The molecule has 0 unspecified atom stereocenters. The van der Waals surface area contributed by atoms with Crippen LogP contribution in [0.5, 0.6) is 0 Å². The monoisotopic (exact) mass is 331 g/mol. The summed E-state index contributed by atoms with van der Waals surface area (Å²) >= 11 is 5.79. The van der Waals surface area contributed by atoms with Crippen LogP contribution in [-0.2, 0) is 10.0 Å². The summed E-state index contributed by atoms with van der Waals surface area (Å²) in [6.07, 6.45) is 2.82. The molecule has 21 heavy (non-hydrogen) atoms. The Morgan fingerprint density at radius 3 is 2.62 bits per heavy atom. The van der Waals surface area contributed by atoms with Crippen LogP contribution in [0.3, 0.4) is 0 Å². The maximum absolute atomic E-state index is 12.7. The van der Waals surface area contributed by atoms with Crippen molar-refractivity contribution in [3.63, 3.8) is 0 Å². The number of carboxylic acid groups (broad SMARTS) is 1. The Balaban J connectivity index is 2.36. The van der Waals surface area contributed by atoms with E-state index in [1.54, 1.807) is 0 Å². The second-order valence-corrected chi connectivity index (χ2v) is 7.60. The van der Waals surface area contributed by atoms with E-state index >= 15 is 0 Å². The fraction of sp³-hybridized carbons (Fsp3) is 0.500. The van der Waals surface area contributed by atoms with Crippen molar-refractivity contribution in [2.24, 2.45) is 5.92 Å². The van der Waals surface area contributed by atoms with Crippen molar-refractivity contribution in [2.45, 2.75) is 31.1 Å². The Morgan fingerprint density at radius 1 is 1.43 bits per heavy atom. The predicted octanol–water partition coefficient (Wildman–Crippen LogP) is 2.85. The molecule has 1 aromatic rings. The van der Waals surface area contributed by atoms with Crippen LogP contribution in [0.4, 0.5) is 0 Å². The molecule has 1 aromatic carbocycles. The van der Waals surface area contributed by atoms with Crippen molar-refractivity contribution < 1.29 is 18.3 Å². The number of aromatic carboxylic acids is 1. The van der Waals surface area contributed by atoms with Gasteiger partial charge in [0, 0.05) is 13.1 Å². The normalized spacial score (nSPS) is 15.4. The van der Waals surface area contributed by atoms with Crippen molar-refractivity contribution in [2.75, 3.05) is 13.1 Å². The molecule has 1 N–H and O–H groups in total. The smallest absolute Gasteiger partial charge is 0.337 e. The van der Waals surface area contributed by atoms with Gasteiger partial charge >= 0.3 is 5.97 Å². The van der Waals surface area contributed by atoms with Gasteiger partial charge in [-0.2, -0.15) is 4.31 Å². The van der Waals surface area contributed by atoms with Gasteiger partial charge in [0.1, 0.15) is 0 Å². The largest absolute Gasteiger partial charge is 0.478 e. The lowest BCUT2D eigenvalue weighted by Gasteiger charge is -2.21. The van der Waals surface area contributed by atoms with Crippen LogP contribution < -0.4 is 0 Å². The number of hydrogen-bond acceptors (Lipinski definition) is 3. The number of sulfonamides is 1. The van der Waals surface area contributed by atoms with E-state index in [1.165, 1.54) is 16.4 Å². The van der Waals surface area contributed by atoms with E-state index in [2.05, 4.69) is 0 Å². The molecule has 1 fully saturated rings. The van der Waals surface area contributed by atoms with Crippen LogP contribution in [0.25, 0.3) is 0 Å². The third-order valence-electron chi connectivity index (χ3n) is 3.44. The number of rotatable bonds is 7. The van der Waals surface area contributed by atoms with Gasteiger partial charge in [0.15, 0.2) is 0 Å². The molecule has 5 nitrogen and oxygen atoms in total. The van der Waals surface area contributed by atoms with Crippen molar-refractivity contribution >= 4 is 27.6 Å². The quantitative estimate of drug-likeness (QED) is 0.833. The lowest BCUT2D eigenvalue weighted by molar-refractivity contribution is 0.0697. The zero-order valence-electron chi connectivity index (χ0n) is 11.8. The molecule has 0 amide bonds. The summed E-state index contributed by atoms with van der Waals surface area (Å²) in [4.78, 5) is 11.1. The first-order valence-corrected chi connectivity index (χ1v) is 8.71. The average molecular weight is 332 g/mol. The van der Waals surface area contributed by atoms with Gasteiger partial charge in [-0.3, -0.25) is 0 Å². The van der Waals surface area contributed by atoms with E-state index in [9.17, 15) is 13.2 Å². The first-order valence-electron chi connectivity index (χ1n) is 6.89. The van der Waals surface area contributed by atoms with Crippen LogP contribution in [0.1, 0.15) is 36.5 Å². The molecule has 0 saturated heterocycles. The number of halogens is 1. The van der Waals surface area contributed by atoms with Crippen molar-refractivity contribution in [1.82, 2.24) is 4.31 Å². The van der Waals surface area contributed by atoms with Gasteiger partial charge in [-0.1, -0.05) is 18.5 Å². The average Bonchev–Trinajstić information content (AvgIpc) is 3.22. The highest BCUT2D eigenvalue weighted by Crippen LogP contribution is 2.32. The molecule has 0 spiro atoms. The van der Waals surface area contributed by atoms with E-state index < -0.39 is 16.0 Å². The SMILES string of the molecule is CCCN(CC1CC1)S(=O)(=O)c1ccc(Cl)c(C(=O)O)c1. The van der Waals surface area contributed by atoms with Gasteiger partial charge in [0.05, 0.1) is 15.5 Å². The minimum Gasteiger partial charge on any atom is -0.478 e. The van der Waals surface area contributed by atoms with Gasteiger partial charge in [0.2, 0.25) is 10.0 Å². The Bertz CT molecular complexity index is 640. The summed E-state index contributed by atoms with van der Waals surface area (Å²) in [6, 6.07) is 3.81. The fourth-order valence-corrected chi connectivity index (χ4v) is 3.96. The Kier molecular flexibility index (Phi) is 4.91. The summed E-state index contributed by atoms with van der Waals surface area (Å²) in [6.45, 7) is 2.85.